The number of hydrogen-bond donors (Lipinski definition) is 1. The van der Waals surface area contributed by atoms with E-state index in [1.54, 1.807) is 6.07 Å². The van der Waals surface area contributed by atoms with Crippen molar-refractivity contribution >= 4 is 38.5 Å². The van der Waals surface area contributed by atoms with Gasteiger partial charge >= 0.3 is 6.18 Å². The van der Waals surface area contributed by atoms with Gasteiger partial charge in [-0.15, -0.1) is 0 Å². The molecular weight excluding hydrogens is 353 g/mol. The first-order chi connectivity index (χ1) is 9.27. The number of thioether (sulfide) groups is 1. The van der Waals surface area contributed by atoms with Crippen LogP contribution in [0.25, 0.3) is 0 Å². The molecule has 2 nitrogen and oxygen atoms in total. The summed E-state index contributed by atoms with van der Waals surface area (Å²) in [5.74, 6) is 1.19. The molecule has 0 aliphatic carbocycles. The third kappa shape index (κ3) is 3.69. The molecule has 0 radical (unpaired) electrons. The van der Waals surface area contributed by atoms with Crippen molar-refractivity contribution in [2.24, 2.45) is 10.9 Å². The summed E-state index contributed by atoms with van der Waals surface area (Å²) in [6.45, 7) is 4.11. The van der Waals surface area contributed by atoms with Crippen molar-refractivity contribution in [3.63, 3.8) is 0 Å². The van der Waals surface area contributed by atoms with Crippen LogP contribution in [0.5, 0.6) is 0 Å². The Balaban J connectivity index is 2.24. The number of amidine groups is 1. The number of halogens is 4. The molecule has 1 aromatic rings. The van der Waals surface area contributed by atoms with Gasteiger partial charge in [-0.1, -0.05) is 41.5 Å². The Morgan fingerprint density at radius 2 is 2.10 bits per heavy atom. The van der Waals surface area contributed by atoms with Crippen LogP contribution in [0.1, 0.15) is 19.4 Å². The molecule has 0 spiro atoms. The summed E-state index contributed by atoms with van der Waals surface area (Å²) in [6.07, 6.45) is -4.40. The van der Waals surface area contributed by atoms with Crippen molar-refractivity contribution in [3.05, 3.63) is 28.2 Å². The van der Waals surface area contributed by atoms with Gasteiger partial charge in [0.05, 0.1) is 17.3 Å². The van der Waals surface area contributed by atoms with E-state index in [1.165, 1.54) is 17.8 Å². The Hall–Kier alpha value is -0.690. The SMILES string of the molecule is CC(C)[C@H]1CSC(Nc2ccc(Br)cc2C(F)(F)F)=N1. The summed E-state index contributed by atoms with van der Waals surface area (Å²) in [5.41, 5.74) is -0.653. The summed E-state index contributed by atoms with van der Waals surface area (Å²) >= 11 is 4.52. The second kappa shape index (κ2) is 5.97. The van der Waals surface area contributed by atoms with E-state index in [2.05, 4.69) is 40.1 Å². The number of hydrogen-bond acceptors (Lipinski definition) is 3. The van der Waals surface area contributed by atoms with E-state index in [9.17, 15) is 13.2 Å². The van der Waals surface area contributed by atoms with Crippen molar-refractivity contribution in [1.82, 2.24) is 0 Å². The van der Waals surface area contributed by atoms with Crippen LogP contribution < -0.4 is 5.32 Å². The van der Waals surface area contributed by atoms with Gasteiger partial charge in [-0.25, -0.2) is 0 Å². The molecule has 0 aromatic heterocycles. The number of rotatable bonds is 2. The Morgan fingerprint density at radius 1 is 1.40 bits per heavy atom. The molecular formula is C13H14BrF3N2S. The van der Waals surface area contributed by atoms with Crippen molar-refractivity contribution in [2.45, 2.75) is 26.1 Å². The average Bonchev–Trinajstić information content (AvgIpc) is 2.79. The normalized spacial score (nSPS) is 19.4. The van der Waals surface area contributed by atoms with Gasteiger partial charge in [0.2, 0.25) is 0 Å². The maximum Gasteiger partial charge on any atom is 0.418 e. The molecule has 0 saturated carbocycles. The van der Waals surface area contributed by atoms with Crippen LogP contribution in [-0.2, 0) is 6.18 Å². The molecule has 1 atom stereocenters. The van der Waals surface area contributed by atoms with E-state index in [-0.39, 0.29) is 11.7 Å². The summed E-state index contributed by atoms with van der Waals surface area (Å²) in [7, 11) is 0. The second-order valence-electron chi connectivity index (χ2n) is 4.87. The Kier molecular flexibility index (Phi) is 4.69. The minimum absolute atomic E-state index is 0.0383. The molecule has 1 N–H and O–H groups in total. The monoisotopic (exact) mass is 366 g/mol. The van der Waals surface area contributed by atoms with Crippen LogP contribution in [0, 0.1) is 5.92 Å². The highest BCUT2D eigenvalue weighted by atomic mass is 79.9. The van der Waals surface area contributed by atoms with Crippen LogP contribution in [0.2, 0.25) is 0 Å². The van der Waals surface area contributed by atoms with Crippen molar-refractivity contribution in [2.75, 3.05) is 11.1 Å². The lowest BCUT2D eigenvalue weighted by Gasteiger charge is -2.14. The van der Waals surface area contributed by atoms with Gasteiger partial charge in [0.1, 0.15) is 0 Å². The zero-order valence-corrected chi connectivity index (χ0v) is 13.4. The van der Waals surface area contributed by atoms with E-state index in [0.717, 1.165) is 11.8 Å². The standard InChI is InChI=1S/C13H14BrF3N2S/c1-7(2)11-6-20-12(19-11)18-10-4-3-8(14)5-9(10)13(15,16)17/h3-5,7,11H,6H2,1-2H3,(H,18,19)/t11-/m1/s1. The summed E-state index contributed by atoms with van der Waals surface area (Å²) in [4.78, 5) is 4.42. The number of nitrogens with one attached hydrogen (secondary N) is 1. The number of alkyl halides is 3. The van der Waals surface area contributed by atoms with Crippen LogP contribution in [0.15, 0.2) is 27.7 Å². The Morgan fingerprint density at radius 3 is 2.65 bits per heavy atom. The molecule has 0 amide bonds. The van der Waals surface area contributed by atoms with Gasteiger partial charge in [-0.2, -0.15) is 13.2 Å². The fourth-order valence-electron chi connectivity index (χ4n) is 1.77. The van der Waals surface area contributed by atoms with E-state index < -0.39 is 11.7 Å². The first-order valence-corrected chi connectivity index (χ1v) is 7.89. The predicted molar refractivity (Wildman–Crippen MR) is 81.3 cm³/mol. The first kappa shape index (κ1) is 15.7. The number of nitrogens with zero attached hydrogens (tertiary/aromatic N) is 1. The lowest BCUT2D eigenvalue weighted by atomic mass is 10.1. The molecule has 0 unspecified atom stereocenters. The minimum atomic E-state index is -4.40. The van der Waals surface area contributed by atoms with Gasteiger partial charge in [0.25, 0.3) is 0 Å². The maximum atomic E-state index is 13.0. The third-order valence-electron chi connectivity index (χ3n) is 2.97. The topological polar surface area (TPSA) is 24.4 Å². The van der Waals surface area contributed by atoms with Crippen molar-refractivity contribution in [3.8, 4) is 0 Å². The van der Waals surface area contributed by atoms with Gasteiger partial charge in [-0.05, 0) is 24.1 Å². The minimum Gasteiger partial charge on any atom is -0.334 e. The van der Waals surface area contributed by atoms with Gasteiger partial charge in [0, 0.05) is 10.2 Å². The molecule has 0 saturated heterocycles. The van der Waals surface area contributed by atoms with E-state index in [4.69, 9.17) is 0 Å². The number of anilines is 1. The van der Waals surface area contributed by atoms with Crippen LogP contribution in [0.4, 0.5) is 18.9 Å². The maximum absolute atomic E-state index is 13.0. The van der Waals surface area contributed by atoms with Crippen molar-refractivity contribution in [1.29, 1.82) is 0 Å². The van der Waals surface area contributed by atoms with Gasteiger partial charge in [0.15, 0.2) is 5.17 Å². The van der Waals surface area contributed by atoms with Crippen LogP contribution in [-0.4, -0.2) is 17.0 Å². The molecule has 20 heavy (non-hydrogen) atoms. The third-order valence-corrected chi connectivity index (χ3v) is 4.45. The molecule has 1 heterocycles. The molecule has 7 heteroatoms. The van der Waals surface area contributed by atoms with Crippen LogP contribution >= 0.6 is 27.7 Å². The Labute approximate surface area is 128 Å². The molecule has 0 bridgehead atoms. The predicted octanol–water partition coefficient (Wildman–Crippen LogP) is 5.01. The lowest BCUT2D eigenvalue weighted by Crippen LogP contribution is -2.14. The molecule has 1 aliphatic heterocycles. The highest BCUT2D eigenvalue weighted by Crippen LogP contribution is 2.37. The number of benzene rings is 1. The fraction of sp³-hybridized carbons (Fsp3) is 0.462. The molecule has 110 valence electrons. The quantitative estimate of drug-likeness (QED) is 0.795. The number of aliphatic imine (C=N–C) groups is 1. The highest BCUT2D eigenvalue weighted by Gasteiger charge is 2.34. The lowest BCUT2D eigenvalue weighted by molar-refractivity contribution is -0.136. The fourth-order valence-corrected chi connectivity index (χ4v) is 3.32. The van der Waals surface area contributed by atoms with Crippen molar-refractivity contribution < 1.29 is 13.2 Å². The summed E-state index contributed by atoms with van der Waals surface area (Å²) < 4.78 is 39.4. The first-order valence-electron chi connectivity index (χ1n) is 6.11. The smallest absolute Gasteiger partial charge is 0.334 e. The highest BCUT2D eigenvalue weighted by molar-refractivity contribution is 9.10. The molecule has 2 rings (SSSR count). The average molecular weight is 367 g/mol. The van der Waals surface area contributed by atoms with E-state index in [1.807, 2.05) is 0 Å². The largest absolute Gasteiger partial charge is 0.418 e. The van der Waals surface area contributed by atoms with Crippen LogP contribution in [0.3, 0.4) is 0 Å². The molecule has 1 aliphatic rings. The summed E-state index contributed by atoms with van der Waals surface area (Å²) in [5, 5.41) is 3.35. The molecule has 1 aromatic carbocycles. The Bertz CT molecular complexity index is 529. The van der Waals surface area contributed by atoms with E-state index in [0.29, 0.717) is 15.6 Å². The summed E-state index contributed by atoms with van der Waals surface area (Å²) in [6, 6.07) is 4.23. The van der Waals surface area contributed by atoms with E-state index >= 15 is 0 Å². The zero-order valence-electron chi connectivity index (χ0n) is 11.0. The molecule has 0 fully saturated rings. The zero-order chi connectivity index (χ0) is 14.9. The van der Waals surface area contributed by atoms with Gasteiger partial charge < -0.3 is 5.32 Å². The van der Waals surface area contributed by atoms with Gasteiger partial charge in [-0.3, -0.25) is 4.99 Å². The second-order valence-corrected chi connectivity index (χ2v) is 6.79.